The molecular formula is C14H24N2O3S. The van der Waals surface area contributed by atoms with Crippen LogP contribution in [0.2, 0.25) is 0 Å². The average molecular weight is 300 g/mol. The SMILES string of the molecule is CCNCc1ccc(S(=O)(=O)N(CC(C)C)C2CC2)o1. The minimum absolute atomic E-state index is 0.0675. The van der Waals surface area contributed by atoms with Crippen molar-refractivity contribution >= 4 is 10.0 Å². The first kappa shape index (κ1) is 15.5. The van der Waals surface area contributed by atoms with Gasteiger partial charge in [-0.25, -0.2) is 8.42 Å². The van der Waals surface area contributed by atoms with Crippen LogP contribution in [0.4, 0.5) is 0 Å². The van der Waals surface area contributed by atoms with Crippen LogP contribution < -0.4 is 5.32 Å². The summed E-state index contributed by atoms with van der Waals surface area (Å²) in [6, 6.07) is 3.46. The molecule has 1 aromatic rings. The Morgan fingerprint density at radius 2 is 2.10 bits per heavy atom. The van der Waals surface area contributed by atoms with Gasteiger partial charge in [-0.05, 0) is 37.4 Å². The van der Waals surface area contributed by atoms with E-state index in [0.29, 0.717) is 24.8 Å². The summed E-state index contributed by atoms with van der Waals surface area (Å²) >= 11 is 0. The highest BCUT2D eigenvalue weighted by Crippen LogP contribution is 2.33. The van der Waals surface area contributed by atoms with Crippen LogP contribution in [0, 0.1) is 5.92 Å². The number of furan rings is 1. The highest BCUT2D eigenvalue weighted by atomic mass is 32.2. The second-order valence-electron chi connectivity index (χ2n) is 5.70. The standard InChI is InChI=1S/C14H24N2O3S/c1-4-15-9-13-7-8-14(19-13)20(17,18)16(10-11(2)3)12-5-6-12/h7-8,11-12,15H,4-6,9-10H2,1-3H3. The van der Waals surface area contributed by atoms with Gasteiger partial charge in [0.15, 0.2) is 0 Å². The highest BCUT2D eigenvalue weighted by Gasteiger charge is 2.39. The number of rotatable bonds is 8. The molecule has 0 spiro atoms. The summed E-state index contributed by atoms with van der Waals surface area (Å²) in [6.07, 6.45) is 1.91. The van der Waals surface area contributed by atoms with Gasteiger partial charge in [-0.1, -0.05) is 20.8 Å². The molecule has 0 saturated heterocycles. The van der Waals surface area contributed by atoms with Crippen molar-refractivity contribution in [3.63, 3.8) is 0 Å². The van der Waals surface area contributed by atoms with Gasteiger partial charge in [-0.15, -0.1) is 0 Å². The van der Waals surface area contributed by atoms with E-state index in [0.717, 1.165) is 19.4 Å². The molecule has 0 unspecified atom stereocenters. The molecule has 0 aliphatic heterocycles. The molecule has 0 radical (unpaired) electrons. The zero-order valence-electron chi connectivity index (χ0n) is 12.4. The Labute approximate surface area is 121 Å². The Morgan fingerprint density at radius 1 is 1.40 bits per heavy atom. The van der Waals surface area contributed by atoms with E-state index >= 15 is 0 Å². The second-order valence-corrected chi connectivity index (χ2v) is 7.52. The van der Waals surface area contributed by atoms with Crippen LogP contribution in [-0.2, 0) is 16.6 Å². The lowest BCUT2D eigenvalue weighted by atomic mass is 10.2. The molecule has 2 rings (SSSR count). The lowest BCUT2D eigenvalue weighted by molar-refractivity contribution is 0.335. The van der Waals surface area contributed by atoms with E-state index in [4.69, 9.17) is 4.42 Å². The van der Waals surface area contributed by atoms with Crippen molar-refractivity contribution in [1.29, 1.82) is 0 Å². The molecular weight excluding hydrogens is 276 g/mol. The number of hydrogen-bond acceptors (Lipinski definition) is 4. The summed E-state index contributed by atoms with van der Waals surface area (Å²) in [5, 5.41) is 3.19. The maximum absolute atomic E-state index is 12.6. The molecule has 6 heteroatoms. The fourth-order valence-corrected chi connectivity index (χ4v) is 3.90. The van der Waals surface area contributed by atoms with E-state index in [1.807, 2.05) is 20.8 Å². The molecule has 1 aromatic heterocycles. The van der Waals surface area contributed by atoms with Crippen LogP contribution in [-0.4, -0.2) is 31.9 Å². The van der Waals surface area contributed by atoms with Crippen molar-refractivity contribution in [2.45, 2.75) is 51.3 Å². The summed E-state index contributed by atoms with van der Waals surface area (Å²) in [4.78, 5) is 0. The van der Waals surface area contributed by atoms with Crippen molar-refractivity contribution in [1.82, 2.24) is 9.62 Å². The molecule has 1 aliphatic carbocycles. The molecule has 0 bridgehead atoms. The molecule has 0 amide bonds. The molecule has 20 heavy (non-hydrogen) atoms. The lowest BCUT2D eigenvalue weighted by Gasteiger charge is -2.22. The van der Waals surface area contributed by atoms with Crippen molar-refractivity contribution < 1.29 is 12.8 Å². The van der Waals surface area contributed by atoms with Crippen molar-refractivity contribution in [2.24, 2.45) is 5.92 Å². The second kappa shape index (κ2) is 6.28. The number of nitrogens with zero attached hydrogens (tertiary/aromatic N) is 1. The van der Waals surface area contributed by atoms with E-state index in [2.05, 4.69) is 5.32 Å². The summed E-state index contributed by atoms with van der Waals surface area (Å²) in [5.74, 6) is 0.965. The van der Waals surface area contributed by atoms with Crippen LogP contribution in [0.5, 0.6) is 0 Å². The van der Waals surface area contributed by atoms with Gasteiger partial charge in [0.1, 0.15) is 5.76 Å². The van der Waals surface area contributed by atoms with Gasteiger partial charge < -0.3 is 9.73 Å². The van der Waals surface area contributed by atoms with E-state index in [1.165, 1.54) is 0 Å². The Hall–Kier alpha value is -0.850. The molecule has 1 aliphatic rings. The molecule has 1 N–H and O–H groups in total. The Bertz CT molecular complexity index is 532. The predicted molar refractivity (Wildman–Crippen MR) is 77.8 cm³/mol. The molecule has 1 heterocycles. The van der Waals surface area contributed by atoms with Gasteiger partial charge in [-0.2, -0.15) is 4.31 Å². The van der Waals surface area contributed by atoms with Crippen LogP contribution in [0.15, 0.2) is 21.6 Å². The van der Waals surface area contributed by atoms with Crippen LogP contribution in [0.1, 0.15) is 39.4 Å². The molecule has 1 saturated carbocycles. The van der Waals surface area contributed by atoms with Gasteiger partial charge in [0.05, 0.1) is 6.54 Å². The largest absolute Gasteiger partial charge is 0.447 e. The molecule has 114 valence electrons. The smallest absolute Gasteiger partial charge is 0.276 e. The first-order chi connectivity index (χ1) is 9.45. The third-order valence-electron chi connectivity index (χ3n) is 3.25. The average Bonchev–Trinajstić information content (AvgIpc) is 3.10. The van der Waals surface area contributed by atoms with Gasteiger partial charge in [0, 0.05) is 12.6 Å². The quantitative estimate of drug-likeness (QED) is 0.799. The minimum Gasteiger partial charge on any atom is -0.447 e. The monoisotopic (exact) mass is 300 g/mol. The van der Waals surface area contributed by atoms with E-state index in [1.54, 1.807) is 16.4 Å². The van der Waals surface area contributed by atoms with E-state index in [-0.39, 0.29) is 11.1 Å². The Kier molecular flexibility index (Phi) is 4.88. The molecule has 5 nitrogen and oxygen atoms in total. The van der Waals surface area contributed by atoms with Crippen molar-refractivity contribution in [3.8, 4) is 0 Å². The molecule has 1 fully saturated rings. The predicted octanol–water partition coefficient (Wildman–Crippen LogP) is 2.20. The summed E-state index contributed by atoms with van der Waals surface area (Å²) in [6.45, 7) is 7.99. The van der Waals surface area contributed by atoms with Gasteiger partial charge in [0.25, 0.3) is 10.0 Å². The molecule has 0 atom stereocenters. The maximum Gasteiger partial charge on any atom is 0.276 e. The highest BCUT2D eigenvalue weighted by molar-refractivity contribution is 7.89. The Morgan fingerprint density at radius 3 is 2.65 bits per heavy atom. The van der Waals surface area contributed by atoms with Gasteiger partial charge in [0.2, 0.25) is 5.09 Å². The first-order valence-corrected chi connectivity index (χ1v) is 8.70. The van der Waals surface area contributed by atoms with Crippen LogP contribution in [0.3, 0.4) is 0 Å². The third kappa shape index (κ3) is 3.62. The van der Waals surface area contributed by atoms with Crippen LogP contribution in [0.25, 0.3) is 0 Å². The minimum atomic E-state index is -3.50. The number of sulfonamides is 1. The summed E-state index contributed by atoms with van der Waals surface area (Å²) < 4.78 is 32.4. The Balaban J connectivity index is 2.17. The zero-order chi connectivity index (χ0) is 14.8. The van der Waals surface area contributed by atoms with Crippen molar-refractivity contribution in [2.75, 3.05) is 13.1 Å². The maximum atomic E-state index is 12.6. The lowest BCUT2D eigenvalue weighted by Crippen LogP contribution is -2.35. The van der Waals surface area contributed by atoms with Gasteiger partial charge in [-0.3, -0.25) is 0 Å². The third-order valence-corrected chi connectivity index (χ3v) is 5.04. The first-order valence-electron chi connectivity index (χ1n) is 7.26. The molecule has 0 aromatic carbocycles. The summed E-state index contributed by atoms with van der Waals surface area (Å²) in [5.41, 5.74) is 0. The van der Waals surface area contributed by atoms with Crippen molar-refractivity contribution in [3.05, 3.63) is 17.9 Å². The number of hydrogen-bond donors (Lipinski definition) is 1. The van der Waals surface area contributed by atoms with Crippen LogP contribution >= 0.6 is 0 Å². The fourth-order valence-electron chi connectivity index (χ4n) is 2.12. The fraction of sp³-hybridized carbons (Fsp3) is 0.714. The van der Waals surface area contributed by atoms with Gasteiger partial charge >= 0.3 is 0 Å². The topological polar surface area (TPSA) is 62.6 Å². The normalized spacial score (nSPS) is 16.2. The summed E-state index contributed by atoms with van der Waals surface area (Å²) in [7, 11) is -3.50. The number of nitrogens with one attached hydrogen (secondary N) is 1. The van der Waals surface area contributed by atoms with E-state index in [9.17, 15) is 8.42 Å². The zero-order valence-corrected chi connectivity index (χ0v) is 13.2. The van der Waals surface area contributed by atoms with E-state index < -0.39 is 10.0 Å².